The second-order valence-corrected chi connectivity index (χ2v) is 20.3. The fraction of sp³-hybridized carbons (Fsp3) is 0.932. The molecule has 1 rings (SSSR count). The van der Waals surface area contributed by atoms with E-state index in [-0.39, 0.29) is 26.4 Å². The van der Waals surface area contributed by atoms with E-state index in [1.54, 1.807) is 0 Å². The number of nitrogens with one attached hydrogen (secondary N) is 2. The van der Waals surface area contributed by atoms with Gasteiger partial charge in [-0.25, -0.2) is 19.2 Å². The van der Waals surface area contributed by atoms with E-state index in [1.165, 1.54) is 244 Å². The number of hydrogen-bond donors (Lipinski definition) is 7. The van der Waals surface area contributed by atoms with Crippen LogP contribution in [-0.2, 0) is 23.7 Å². The second-order valence-electron chi connectivity index (χ2n) is 20.3. The van der Waals surface area contributed by atoms with Gasteiger partial charge in [0.1, 0.15) is 18.8 Å². The highest BCUT2D eigenvalue weighted by Gasteiger charge is 2.21. The number of carbonyl (C=O) groups is 4. The van der Waals surface area contributed by atoms with Crippen LogP contribution in [0.3, 0.4) is 0 Å². The third-order valence-electron chi connectivity index (χ3n) is 13.0. The van der Waals surface area contributed by atoms with Crippen molar-refractivity contribution in [3.8, 4) is 0 Å². The summed E-state index contributed by atoms with van der Waals surface area (Å²) >= 11 is 0. The van der Waals surface area contributed by atoms with E-state index in [9.17, 15) is 19.2 Å². The standard InChI is InChI=1S/2C20H41NO4.C16H35N.C3H2O4/c1-2-3-4-5-6-7-8-9-10-11-12-13-14-15-16-21-20(24)25-18-19(23)17-22;1-2-3-4-5-6-7-8-9-10-11-12-13-14-15-16-21-20(24)25-19(17-22)18-23;1-2-3-4-5-6-7-8-9-10-11-12-13-14-15-16-17;4-2-1-6-3(5)7-2/h2*19,22-23H,2-18H2,1H3,(H,21,24);2-17H2,1H3;1H2. The van der Waals surface area contributed by atoms with Crippen LogP contribution in [0, 0.1) is 0 Å². The highest BCUT2D eigenvalue weighted by atomic mass is 16.8. The predicted molar refractivity (Wildman–Crippen MR) is 302 cm³/mol. The van der Waals surface area contributed by atoms with Crippen LogP contribution >= 0.6 is 0 Å². The van der Waals surface area contributed by atoms with Crippen LogP contribution in [0.15, 0.2) is 0 Å². The third kappa shape index (κ3) is 67.3. The lowest BCUT2D eigenvalue weighted by atomic mass is 10.0. The summed E-state index contributed by atoms with van der Waals surface area (Å²) in [7, 11) is 0. The van der Waals surface area contributed by atoms with Gasteiger partial charge >= 0.3 is 24.3 Å². The van der Waals surface area contributed by atoms with E-state index in [1.807, 2.05) is 0 Å². The number of aliphatic hydroxyl groups excluding tert-OH is 4. The molecule has 0 aromatic heterocycles. The smallest absolute Gasteiger partial charge is 0.447 e. The summed E-state index contributed by atoms with van der Waals surface area (Å²) < 4.78 is 17.5. The monoisotopic (exact) mass is 1060 g/mol. The van der Waals surface area contributed by atoms with Crippen LogP contribution < -0.4 is 16.4 Å². The first kappa shape index (κ1) is 75.5. The fourth-order valence-electron chi connectivity index (χ4n) is 8.23. The minimum Gasteiger partial charge on any atom is -0.447 e. The van der Waals surface area contributed by atoms with Crippen molar-refractivity contribution in [3.63, 3.8) is 0 Å². The number of nitrogens with two attached hydrogens (primary N) is 1. The summed E-state index contributed by atoms with van der Waals surface area (Å²) in [4.78, 5) is 42.3. The first-order valence-corrected chi connectivity index (χ1v) is 30.6. The molecule has 0 spiro atoms. The number of rotatable bonds is 50. The van der Waals surface area contributed by atoms with Crippen molar-refractivity contribution in [1.29, 1.82) is 0 Å². The van der Waals surface area contributed by atoms with Crippen molar-refractivity contribution in [2.24, 2.45) is 5.73 Å². The van der Waals surface area contributed by atoms with E-state index >= 15 is 0 Å². The van der Waals surface area contributed by atoms with Crippen LogP contribution in [-0.4, -0.2) is 110 Å². The summed E-state index contributed by atoms with van der Waals surface area (Å²) in [5.74, 6) is -0.620. The third-order valence-corrected chi connectivity index (χ3v) is 13.0. The van der Waals surface area contributed by atoms with Gasteiger partial charge in [-0.2, -0.15) is 0 Å². The lowest BCUT2D eigenvalue weighted by Crippen LogP contribution is -2.33. The van der Waals surface area contributed by atoms with Gasteiger partial charge in [0.05, 0.1) is 19.8 Å². The Morgan fingerprint density at radius 1 is 0.473 bits per heavy atom. The molecule has 8 N–H and O–H groups in total. The molecule has 1 atom stereocenters. The topological polar surface area (TPSA) is 236 Å². The molecule has 0 aromatic rings. The number of amides is 2. The molecule has 0 bridgehead atoms. The van der Waals surface area contributed by atoms with Crippen LogP contribution in [0.1, 0.15) is 290 Å². The average molecular weight is 1060 g/mol. The summed E-state index contributed by atoms with van der Waals surface area (Å²) in [6.07, 6.45) is 52.8. The number of esters is 1. The SMILES string of the molecule is CCCCCCCCCCCCCCCCN.CCCCCCCCCCCCCCCCNC(=O)OC(CO)CO.CCCCCCCCCCCCCCCCNC(=O)OCC(O)CO.O=C1COC(=O)O1. The molecule has 15 nitrogen and oxygen atoms in total. The zero-order valence-corrected chi connectivity index (χ0v) is 48.1. The maximum Gasteiger partial charge on any atom is 0.516 e. The van der Waals surface area contributed by atoms with Gasteiger partial charge in [0.25, 0.3) is 0 Å². The maximum atomic E-state index is 11.3. The lowest BCUT2D eigenvalue weighted by Gasteiger charge is -2.13. The minimum atomic E-state index is -0.994. The number of ether oxygens (including phenoxy) is 4. The van der Waals surface area contributed by atoms with Gasteiger partial charge < -0.3 is 55.7 Å². The van der Waals surface area contributed by atoms with Gasteiger partial charge in [0.15, 0.2) is 6.61 Å². The largest absolute Gasteiger partial charge is 0.516 e. The van der Waals surface area contributed by atoms with Crippen LogP contribution in [0.2, 0.25) is 0 Å². The minimum absolute atomic E-state index is 0.166. The number of hydrogen-bond acceptors (Lipinski definition) is 13. The second kappa shape index (κ2) is 66.4. The molecule has 1 fully saturated rings. The predicted octanol–water partition coefficient (Wildman–Crippen LogP) is 14.2. The molecule has 0 aliphatic carbocycles. The summed E-state index contributed by atoms with van der Waals surface area (Å²) in [5.41, 5.74) is 5.47. The zero-order valence-electron chi connectivity index (χ0n) is 48.1. The summed E-state index contributed by atoms with van der Waals surface area (Å²) in [5, 5.41) is 40.6. The van der Waals surface area contributed by atoms with Gasteiger partial charge in [-0.1, -0.05) is 271 Å². The summed E-state index contributed by atoms with van der Waals surface area (Å²) in [6, 6.07) is 0. The molecule has 442 valence electrons. The number of unbranched alkanes of at least 4 members (excludes halogenated alkanes) is 39. The number of carbonyl (C=O) groups excluding carboxylic acids is 4. The Balaban J connectivity index is -0.000000969. The van der Waals surface area contributed by atoms with E-state index in [4.69, 9.17) is 35.6 Å². The average Bonchev–Trinajstić information content (AvgIpc) is 3.80. The van der Waals surface area contributed by atoms with Gasteiger partial charge in [-0.05, 0) is 25.8 Å². The van der Waals surface area contributed by atoms with Crippen LogP contribution in [0.5, 0.6) is 0 Å². The van der Waals surface area contributed by atoms with E-state index in [0.717, 1.165) is 32.2 Å². The fourth-order valence-corrected chi connectivity index (χ4v) is 8.23. The van der Waals surface area contributed by atoms with Crippen molar-refractivity contribution in [1.82, 2.24) is 10.6 Å². The molecule has 1 aliphatic rings. The molecule has 0 radical (unpaired) electrons. The highest BCUT2D eigenvalue weighted by Crippen LogP contribution is 2.16. The van der Waals surface area contributed by atoms with Gasteiger partial charge in [-0.3, -0.25) is 0 Å². The molecule has 74 heavy (non-hydrogen) atoms. The van der Waals surface area contributed by atoms with Crippen molar-refractivity contribution >= 4 is 24.3 Å². The maximum absolute atomic E-state index is 11.3. The Kier molecular flexibility index (Phi) is 67.8. The van der Waals surface area contributed by atoms with Crippen LogP contribution in [0.4, 0.5) is 14.4 Å². The van der Waals surface area contributed by atoms with Gasteiger partial charge in [-0.15, -0.1) is 0 Å². The van der Waals surface area contributed by atoms with Crippen molar-refractivity contribution < 1.29 is 58.6 Å². The Bertz CT molecular complexity index is 1120. The Hall–Kier alpha value is -2.72. The Morgan fingerprint density at radius 3 is 1.01 bits per heavy atom. The first-order chi connectivity index (χ1) is 36.1. The first-order valence-electron chi connectivity index (χ1n) is 30.6. The molecule has 0 aromatic carbocycles. The molecule has 2 amide bonds. The highest BCUT2D eigenvalue weighted by molar-refractivity contribution is 5.88. The molecule has 1 heterocycles. The Labute approximate surface area is 453 Å². The molecular weight excluding hydrogens is 943 g/mol. The van der Waals surface area contributed by atoms with Crippen molar-refractivity contribution in [2.75, 3.05) is 52.7 Å². The quantitative estimate of drug-likeness (QED) is 0.0130. The molecule has 1 saturated heterocycles. The molecular formula is C59H119N3O12. The summed E-state index contributed by atoms with van der Waals surface area (Å²) in [6.45, 7) is 7.35. The number of alkyl carbamates (subject to hydrolysis) is 2. The van der Waals surface area contributed by atoms with Gasteiger partial charge in [0.2, 0.25) is 0 Å². The van der Waals surface area contributed by atoms with Gasteiger partial charge in [0, 0.05) is 13.1 Å². The van der Waals surface area contributed by atoms with Crippen LogP contribution in [0.25, 0.3) is 0 Å². The van der Waals surface area contributed by atoms with Crippen molar-refractivity contribution in [2.45, 2.75) is 303 Å². The van der Waals surface area contributed by atoms with E-state index in [2.05, 4.69) is 40.9 Å². The van der Waals surface area contributed by atoms with E-state index in [0.29, 0.717) is 13.1 Å². The Morgan fingerprint density at radius 2 is 0.770 bits per heavy atom. The lowest BCUT2D eigenvalue weighted by molar-refractivity contribution is -0.133. The molecule has 15 heteroatoms. The zero-order chi connectivity index (χ0) is 55.1. The number of cyclic esters (lactones) is 3. The normalized spacial score (nSPS) is 12.1. The molecule has 1 aliphatic heterocycles. The number of aliphatic hydroxyl groups is 4. The van der Waals surface area contributed by atoms with E-state index < -0.39 is 43.1 Å². The van der Waals surface area contributed by atoms with Crippen molar-refractivity contribution in [3.05, 3.63) is 0 Å². The molecule has 0 saturated carbocycles. The molecule has 1 unspecified atom stereocenters.